The highest BCUT2D eigenvalue weighted by Gasteiger charge is 2.22. The summed E-state index contributed by atoms with van der Waals surface area (Å²) in [4.78, 5) is 35.2. The molecule has 0 unspecified atom stereocenters. The minimum atomic E-state index is -0.134. The van der Waals surface area contributed by atoms with Crippen LogP contribution in [0.1, 0.15) is 0 Å². The average Bonchev–Trinajstić information content (AvgIpc) is 2.92. The van der Waals surface area contributed by atoms with E-state index in [0.717, 1.165) is 30.2 Å². The molecule has 0 bridgehead atoms. The largest absolute Gasteiger partial charge is 0.497 e. The SMILES string of the molecule is COc1ccc(N2CCN(C(=O)CSc3nc4ccccc4c(=O)n3-c3ccccc3)CC2)cc1. The van der Waals surface area contributed by atoms with Crippen molar-refractivity contribution in [3.8, 4) is 11.4 Å². The third kappa shape index (κ3) is 4.88. The van der Waals surface area contributed by atoms with Crippen LogP contribution in [0, 0.1) is 0 Å². The van der Waals surface area contributed by atoms with E-state index in [1.165, 1.54) is 11.8 Å². The van der Waals surface area contributed by atoms with Crippen molar-refractivity contribution in [3.05, 3.63) is 89.2 Å². The number of amides is 1. The summed E-state index contributed by atoms with van der Waals surface area (Å²) in [5.41, 5.74) is 2.36. The Kier molecular flexibility index (Phi) is 6.72. The Bertz CT molecular complexity index is 1380. The molecule has 8 heteroatoms. The topological polar surface area (TPSA) is 67.7 Å². The fourth-order valence-corrected chi connectivity index (χ4v) is 5.15. The second kappa shape index (κ2) is 10.2. The van der Waals surface area contributed by atoms with Gasteiger partial charge in [0.1, 0.15) is 5.75 Å². The molecule has 1 amide bonds. The van der Waals surface area contributed by atoms with Gasteiger partial charge < -0.3 is 14.5 Å². The fourth-order valence-electron chi connectivity index (χ4n) is 4.24. The number of hydrogen-bond acceptors (Lipinski definition) is 6. The van der Waals surface area contributed by atoms with Crippen molar-refractivity contribution >= 4 is 34.3 Å². The Balaban J connectivity index is 1.30. The van der Waals surface area contributed by atoms with Gasteiger partial charge in [-0.25, -0.2) is 4.98 Å². The molecule has 0 saturated carbocycles. The van der Waals surface area contributed by atoms with Gasteiger partial charge in [-0.15, -0.1) is 0 Å². The van der Waals surface area contributed by atoms with E-state index < -0.39 is 0 Å². The number of para-hydroxylation sites is 2. The van der Waals surface area contributed by atoms with E-state index in [0.29, 0.717) is 29.1 Å². The van der Waals surface area contributed by atoms with Gasteiger partial charge in [-0.2, -0.15) is 0 Å². The van der Waals surface area contributed by atoms with E-state index in [-0.39, 0.29) is 17.2 Å². The van der Waals surface area contributed by atoms with Crippen molar-refractivity contribution in [2.75, 3.05) is 43.9 Å². The van der Waals surface area contributed by atoms with Gasteiger partial charge in [0.05, 0.1) is 29.5 Å². The lowest BCUT2D eigenvalue weighted by Crippen LogP contribution is -2.49. The zero-order chi connectivity index (χ0) is 24.2. The van der Waals surface area contributed by atoms with Crippen molar-refractivity contribution in [2.45, 2.75) is 5.16 Å². The highest BCUT2D eigenvalue weighted by Crippen LogP contribution is 2.23. The lowest BCUT2D eigenvalue weighted by Gasteiger charge is -2.36. The van der Waals surface area contributed by atoms with E-state index in [2.05, 4.69) is 4.90 Å². The van der Waals surface area contributed by atoms with Gasteiger partial charge in [-0.05, 0) is 48.5 Å². The number of thioether (sulfide) groups is 1. The molecule has 35 heavy (non-hydrogen) atoms. The number of piperazine rings is 1. The predicted molar refractivity (Wildman–Crippen MR) is 140 cm³/mol. The molecule has 2 heterocycles. The Labute approximate surface area is 208 Å². The minimum absolute atomic E-state index is 0.0476. The molecular formula is C27H26N4O3S. The average molecular weight is 487 g/mol. The van der Waals surface area contributed by atoms with E-state index in [1.54, 1.807) is 17.7 Å². The van der Waals surface area contributed by atoms with Gasteiger partial charge in [0, 0.05) is 31.9 Å². The summed E-state index contributed by atoms with van der Waals surface area (Å²) in [6, 6.07) is 24.7. The zero-order valence-corrected chi connectivity index (χ0v) is 20.3. The van der Waals surface area contributed by atoms with Crippen molar-refractivity contribution in [2.24, 2.45) is 0 Å². The van der Waals surface area contributed by atoms with Crippen LogP contribution >= 0.6 is 11.8 Å². The summed E-state index contributed by atoms with van der Waals surface area (Å²) in [6.07, 6.45) is 0. The molecule has 0 atom stereocenters. The predicted octanol–water partition coefficient (Wildman–Crippen LogP) is 3.84. The van der Waals surface area contributed by atoms with Gasteiger partial charge in [-0.3, -0.25) is 14.2 Å². The van der Waals surface area contributed by atoms with Crippen LogP contribution in [-0.4, -0.2) is 59.4 Å². The number of rotatable bonds is 6. The number of hydrogen-bond donors (Lipinski definition) is 0. The number of carbonyl (C=O) groups is 1. The molecule has 4 aromatic rings. The van der Waals surface area contributed by atoms with Crippen molar-refractivity contribution < 1.29 is 9.53 Å². The first-order valence-corrected chi connectivity index (χ1v) is 12.5. The molecular weight excluding hydrogens is 460 g/mol. The van der Waals surface area contributed by atoms with Gasteiger partial charge in [-0.1, -0.05) is 42.1 Å². The normalized spacial score (nSPS) is 13.7. The van der Waals surface area contributed by atoms with Gasteiger partial charge in [0.25, 0.3) is 5.56 Å². The number of methoxy groups -OCH3 is 1. The molecule has 0 radical (unpaired) electrons. The highest BCUT2D eigenvalue weighted by molar-refractivity contribution is 7.99. The summed E-state index contributed by atoms with van der Waals surface area (Å²) < 4.78 is 6.84. The summed E-state index contributed by atoms with van der Waals surface area (Å²) >= 11 is 1.31. The molecule has 1 aromatic heterocycles. The lowest BCUT2D eigenvalue weighted by molar-refractivity contribution is -0.128. The van der Waals surface area contributed by atoms with Crippen molar-refractivity contribution in [1.29, 1.82) is 0 Å². The maximum atomic E-state index is 13.3. The first-order valence-electron chi connectivity index (χ1n) is 11.5. The molecule has 5 rings (SSSR count). The number of carbonyl (C=O) groups excluding carboxylic acids is 1. The summed E-state index contributed by atoms with van der Waals surface area (Å²) in [6.45, 7) is 2.85. The monoisotopic (exact) mass is 486 g/mol. The van der Waals surface area contributed by atoms with E-state index in [1.807, 2.05) is 77.7 Å². The quantitative estimate of drug-likeness (QED) is 0.305. The zero-order valence-electron chi connectivity index (χ0n) is 19.5. The number of fused-ring (bicyclic) bond motifs is 1. The number of benzene rings is 3. The summed E-state index contributed by atoms with van der Waals surface area (Å²) in [5, 5.41) is 1.08. The molecule has 0 spiro atoms. The van der Waals surface area contributed by atoms with Gasteiger partial charge in [0.2, 0.25) is 5.91 Å². The summed E-state index contributed by atoms with van der Waals surface area (Å²) in [5.74, 6) is 1.10. The highest BCUT2D eigenvalue weighted by atomic mass is 32.2. The molecule has 7 nitrogen and oxygen atoms in total. The Hall–Kier alpha value is -3.78. The first kappa shape index (κ1) is 23.0. The smallest absolute Gasteiger partial charge is 0.266 e. The summed E-state index contributed by atoms with van der Waals surface area (Å²) in [7, 11) is 1.66. The molecule has 1 aliphatic heterocycles. The van der Waals surface area contributed by atoms with Crippen LogP contribution in [0.3, 0.4) is 0 Å². The van der Waals surface area contributed by atoms with E-state index in [9.17, 15) is 9.59 Å². The van der Waals surface area contributed by atoms with E-state index in [4.69, 9.17) is 9.72 Å². The number of anilines is 1. The Morgan fingerprint density at radius 3 is 2.29 bits per heavy atom. The maximum Gasteiger partial charge on any atom is 0.266 e. The van der Waals surface area contributed by atoms with Crippen LogP contribution in [0.15, 0.2) is 88.8 Å². The fraction of sp³-hybridized carbons (Fsp3) is 0.222. The molecule has 178 valence electrons. The van der Waals surface area contributed by atoms with Crippen LogP contribution < -0.4 is 15.2 Å². The molecule has 3 aromatic carbocycles. The molecule has 1 fully saturated rings. The van der Waals surface area contributed by atoms with E-state index >= 15 is 0 Å². The molecule has 1 saturated heterocycles. The maximum absolute atomic E-state index is 13.3. The first-order chi connectivity index (χ1) is 17.1. The number of ether oxygens (including phenoxy) is 1. The third-order valence-electron chi connectivity index (χ3n) is 6.15. The standard InChI is InChI=1S/C27H26N4O3S/c1-34-22-13-11-20(12-14-22)29-15-17-30(18-16-29)25(32)19-35-27-28-24-10-6-5-9-23(24)26(33)31(27)21-7-3-2-4-8-21/h2-14H,15-19H2,1H3. The minimum Gasteiger partial charge on any atom is -0.497 e. The van der Waals surface area contributed by atoms with Crippen LogP contribution in [0.2, 0.25) is 0 Å². The van der Waals surface area contributed by atoms with Crippen LogP contribution in [0.25, 0.3) is 16.6 Å². The van der Waals surface area contributed by atoms with Crippen LogP contribution in [-0.2, 0) is 4.79 Å². The Morgan fingerprint density at radius 1 is 0.886 bits per heavy atom. The second-order valence-corrected chi connectivity index (χ2v) is 9.18. The number of aromatic nitrogens is 2. The van der Waals surface area contributed by atoms with Crippen LogP contribution in [0.5, 0.6) is 5.75 Å². The molecule has 0 aliphatic carbocycles. The number of nitrogens with zero attached hydrogens (tertiary/aromatic N) is 4. The molecule has 0 N–H and O–H groups in total. The van der Waals surface area contributed by atoms with Gasteiger partial charge >= 0.3 is 0 Å². The van der Waals surface area contributed by atoms with Gasteiger partial charge in [0.15, 0.2) is 5.16 Å². The van der Waals surface area contributed by atoms with Crippen molar-refractivity contribution in [1.82, 2.24) is 14.5 Å². The second-order valence-electron chi connectivity index (χ2n) is 8.24. The lowest BCUT2D eigenvalue weighted by atomic mass is 10.2. The van der Waals surface area contributed by atoms with Crippen molar-refractivity contribution in [3.63, 3.8) is 0 Å². The molecule has 1 aliphatic rings. The van der Waals surface area contributed by atoms with Crippen LogP contribution in [0.4, 0.5) is 5.69 Å². The Morgan fingerprint density at radius 2 is 1.57 bits per heavy atom. The third-order valence-corrected chi connectivity index (χ3v) is 7.08.